The summed E-state index contributed by atoms with van der Waals surface area (Å²) in [4.78, 5) is 43.1. The maximum Gasteiger partial charge on any atom is 0.251 e. The van der Waals surface area contributed by atoms with E-state index in [9.17, 15) is 23.2 Å². The van der Waals surface area contributed by atoms with Crippen LogP contribution in [-0.4, -0.2) is 41.2 Å². The first-order chi connectivity index (χ1) is 18.2. The van der Waals surface area contributed by atoms with E-state index >= 15 is 0 Å². The highest BCUT2D eigenvalue weighted by molar-refractivity contribution is 6.03. The number of benzene rings is 3. The number of nitrogens with zero attached hydrogens (tertiary/aromatic N) is 2. The third kappa shape index (κ3) is 5.42. The predicted octanol–water partition coefficient (Wildman–Crippen LogP) is 3.58. The summed E-state index contributed by atoms with van der Waals surface area (Å²) < 4.78 is 27.8. The van der Waals surface area contributed by atoms with Gasteiger partial charge in [0.2, 0.25) is 11.8 Å². The minimum Gasteiger partial charge on any atom is -0.368 e. The van der Waals surface area contributed by atoms with Gasteiger partial charge in [0.05, 0.1) is 13.0 Å². The molecule has 3 atom stereocenters. The molecular weight excluding hydrogens is 488 g/mol. The van der Waals surface area contributed by atoms with Crippen LogP contribution in [0.1, 0.15) is 29.5 Å². The topological polar surface area (TPSA) is 83.7 Å². The Bertz CT molecular complexity index is 1380. The number of terminal acetylenes is 1. The van der Waals surface area contributed by atoms with Crippen molar-refractivity contribution in [3.05, 3.63) is 101 Å². The van der Waals surface area contributed by atoms with E-state index in [1.54, 1.807) is 12.1 Å². The zero-order valence-electron chi connectivity index (χ0n) is 20.8. The maximum absolute atomic E-state index is 14.3. The van der Waals surface area contributed by atoms with Gasteiger partial charge in [-0.2, -0.15) is 0 Å². The van der Waals surface area contributed by atoms with Crippen molar-refractivity contribution in [2.75, 3.05) is 11.4 Å². The lowest BCUT2D eigenvalue weighted by atomic mass is 9.84. The van der Waals surface area contributed by atoms with Crippen LogP contribution in [0.2, 0.25) is 0 Å². The van der Waals surface area contributed by atoms with E-state index in [0.717, 1.165) is 28.2 Å². The second-order valence-electron chi connectivity index (χ2n) is 9.26. The number of hydrogen-bond acceptors (Lipinski definition) is 3. The molecule has 6 nitrogen and oxygen atoms in total. The highest BCUT2D eigenvalue weighted by atomic mass is 19.1. The molecule has 1 aliphatic heterocycles. The van der Waals surface area contributed by atoms with E-state index in [0.29, 0.717) is 18.2 Å². The molecular formula is C30H27F2N3O3. The minimum atomic E-state index is -1.20. The number of rotatable bonds is 7. The fourth-order valence-corrected chi connectivity index (χ4v) is 5.04. The number of amides is 3. The molecule has 0 spiro atoms. The summed E-state index contributed by atoms with van der Waals surface area (Å²) in [5.74, 6) is -1.72. The molecule has 38 heavy (non-hydrogen) atoms. The molecule has 3 amide bonds. The van der Waals surface area contributed by atoms with Crippen molar-refractivity contribution in [3.63, 3.8) is 0 Å². The number of carbonyl (C=O) groups excluding carboxylic acids is 3. The van der Waals surface area contributed by atoms with Crippen LogP contribution < -0.4 is 10.6 Å². The van der Waals surface area contributed by atoms with Gasteiger partial charge in [0.25, 0.3) is 5.91 Å². The fraction of sp³-hybridized carbons (Fsp3) is 0.233. The van der Waals surface area contributed by atoms with Gasteiger partial charge in [0.1, 0.15) is 23.7 Å². The molecule has 0 aromatic heterocycles. The second-order valence-corrected chi connectivity index (χ2v) is 9.26. The zero-order chi connectivity index (χ0) is 27.4. The van der Waals surface area contributed by atoms with Crippen molar-refractivity contribution in [3.8, 4) is 12.3 Å². The van der Waals surface area contributed by atoms with Crippen molar-refractivity contribution in [2.45, 2.75) is 37.8 Å². The molecule has 0 saturated carbocycles. The molecule has 3 aromatic rings. The van der Waals surface area contributed by atoms with Gasteiger partial charge in [-0.25, -0.2) is 8.78 Å². The Morgan fingerprint density at radius 1 is 1.08 bits per heavy atom. The molecule has 0 aliphatic carbocycles. The Labute approximate surface area is 220 Å². The Morgan fingerprint density at radius 3 is 2.34 bits per heavy atom. The number of anilines is 1. The van der Waals surface area contributed by atoms with Gasteiger partial charge in [-0.1, -0.05) is 54.5 Å². The normalized spacial score (nSPS) is 17.6. The van der Waals surface area contributed by atoms with Crippen LogP contribution in [-0.2, 0) is 27.2 Å². The van der Waals surface area contributed by atoms with Crippen LogP contribution >= 0.6 is 0 Å². The van der Waals surface area contributed by atoms with Gasteiger partial charge in [-0.05, 0) is 48.2 Å². The van der Waals surface area contributed by atoms with Crippen LogP contribution in [0.4, 0.5) is 14.5 Å². The molecule has 0 saturated heterocycles. The maximum atomic E-state index is 14.3. The molecule has 4 rings (SSSR count). The number of hydrogen-bond donors (Lipinski definition) is 1. The molecule has 2 N–H and O–H groups in total. The third-order valence-electron chi connectivity index (χ3n) is 6.79. The predicted molar refractivity (Wildman–Crippen MR) is 140 cm³/mol. The Kier molecular flexibility index (Phi) is 7.87. The van der Waals surface area contributed by atoms with Crippen LogP contribution in [0.15, 0.2) is 72.8 Å². The van der Waals surface area contributed by atoms with Gasteiger partial charge in [-0.3, -0.25) is 19.3 Å². The van der Waals surface area contributed by atoms with E-state index in [-0.39, 0.29) is 12.1 Å². The molecule has 194 valence electrons. The van der Waals surface area contributed by atoms with E-state index in [2.05, 4.69) is 5.92 Å². The average Bonchev–Trinajstić information content (AvgIpc) is 2.99. The number of para-hydroxylation sites is 1. The van der Waals surface area contributed by atoms with Gasteiger partial charge in [0.15, 0.2) is 0 Å². The van der Waals surface area contributed by atoms with Crippen LogP contribution in [0.3, 0.4) is 0 Å². The quantitative estimate of drug-likeness (QED) is 0.489. The van der Waals surface area contributed by atoms with E-state index < -0.39 is 53.8 Å². The van der Waals surface area contributed by atoms with Crippen molar-refractivity contribution in [1.82, 2.24) is 4.90 Å². The van der Waals surface area contributed by atoms with Crippen molar-refractivity contribution in [2.24, 2.45) is 5.73 Å². The number of carbonyl (C=O) groups is 3. The second kappa shape index (κ2) is 11.3. The van der Waals surface area contributed by atoms with Crippen LogP contribution in [0, 0.1) is 24.0 Å². The fourth-order valence-electron chi connectivity index (χ4n) is 5.04. The number of halogens is 2. The first-order valence-corrected chi connectivity index (χ1v) is 12.1. The Balaban J connectivity index is 1.88. The lowest BCUT2D eigenvalue weighted by Gasteiger charge is -2.39. The summed E-state index contributed by atoms with van der Waals surface area (Å²) in [6.07, 6.45) is 5.54. The molecule has 0 unspecified atom stereocenters. The van der Waals surface area contributed by atoms with E-state index in [1.807, 2.05) is 42.5 Å². The highest BCUT2D eigenvalue weighted by Crippen LogP contribution is 2.38. The molecule has 0 bridgehead atoms. The molecule has 8 heteroatoms. The lowest BCUT2D eigenvalue weighted by Crippen LogP contribution is -2.59. The summed E-state index contributed by atoms with van der Waals surface area (Å²) in [7, 11) is 0. The standard InChI is InChI=1S/C30H27F2N3O3/c1-3-13-34-26-12-8-7-11-22(26)17-25(21-9-5-4-6-10-21)28(30(34)38)35(19(2)29(33)37)27(36)16-20-14-23(31)18-24(32)15-20/h1,4-12,14-15,18-19,25,28H,13,16-17H2,2H3,(H2,33,37)/t19-,25+,28-/m0/s1. The molecule has 0 fully saturated rings. The Hall–Kier alpha value is -4.51. The molecule has 3 aromatic carbocycles. The van der Waals surface area contributed by atoms with Gasteiger partial charge in [0, 0.05) is 17.7 Å². The summed E-state index contributed by atoms with van der Waals surface area (Å²) in [5, 5.41) is 0. The first kappa shape index (κ1) is 26.6. The highest BCUT2D eigenvalue weighted by Gasteiger charge is 2.45. The summed E-state index contributed by atoms with van der Waals surface area (Å²) in [6, 6.07) is 16.9. The summed E-state index contributed by atoms with van der Waals surface area (Å²) in [5.41, 5.74) is 7.96. The lowest BCUT2D eigenvalue weighted by molar-refractivity contribution is -0.146. The largest absolute Gasteiger partial charge is 0.368 e. The zero-order valence-corrected chi connectivity index (χ0v) is 20.8. The number of fused-ring (bicyclic) bond motifs is 1. The minimum absolute atomic E-state index is 0.0596. The average molecular weight is 516 g/mol. The Morgan fingerprint density at radius 2 is 1.71 bits per heavy atom. The number of nitrogens with two attached hydrogens (primary N) is 1. The van der Waals surface area contributed by atoms with Gasteiger partial charge in [-0.15, -0.1) is 6.42 Å². The van der Waals surface area contributed by atoms with Crippen molar-refractivity contribution >= 4 is 23.4 Å². The van der Waals surface area contributed by atoms with E-state index in [1.165, 1.54) is 11.8 Å². The SMILES string of the molecule is C#CCN1C(=O)[C@@H](N(C(=O)Cc2cc(F)cc(F)c2)[C@@H](C)C(N)=O)[C@@H](c2ccccc2)Cc2ccccc21. The number of primary amides is 1. The van der Waals surface area contributed by atoms with E-state index in [4.69, 9.17) is 12.2 Å². The van der Waals surface area contributed by atoms with Crippen LogP contribution in [0.5, 0.6) is 0 Å². The summed E-state index contributed by atoms with van der Waals surface area (Å²) >= 11 is 0. The van der Waals surface area contributed by atoms with Crippen molar-refractivity contribution in [1.29, 1.82) is 0 Å². The molecule has 1 aliphatic rings. The molecule has 0 radical (unpaired) electrons. The smallest absolute Gasteiger partial charge is 0.251 e. The molecule has 1 heterocycles. The third-order valence-corrected chi connectivity index (χ3v) is 6.79. The monoisotopic (exact) mass is 515 g/mol. The van der Waals surface area contributed by atoms with Gasteiger partial charge < -0.3 is 10.6 Å². The first-order valence-electron chi connectivity index (χ1n) is 12.1. The van der Waals surface area contributed by atoms with Crippen LogP contribution in [0.25, 0.3) is 0 Å². The summed E-state index contributed by atoms with van der Waals surface area (Å²) in [6.45, 7) is 1.38. The van der Waals surface area contributed by atoms with Crippen molar-refractivity contribution < 1.29 is 23.2 Å². The van der Waals surface area contributed by atoms with Gasteiger partial charge >= 0.3 is 0 Å².